The lowest BCUT2D eigenvalue weighted by atomic mass is 10.1. The number of aromatic nitrogens is 4. The first-order valence-corrected chi connectivity index (χ1v) is 7.55. The topological polar surface area (TPSA) is 83.7 Å². The molecular weight excluding hydrogens is 316 g/mol. The van der Waals surface area contributed by atoms with E-state index in [1.807, 2.05) is 30.3 Å². The van der Waals surface area contributed by atoms with Crippen LogP contribution in [0.15, 0.2) is 36.5 Å². The molecule has 6 nitrogen and oxygen atoms in total. The number of carbonyl (C=O) groups is 1. The van der Waals surface area contributed by atoms with Crippen LogP contribution in [0.5, 0.6) is 0 Å². The van der Waals surface area contributed by atoms with Gasteiger partial charge in [0.05, 0.1) is 6.61 Å². The Morgan fingerprint density at radius 3 is 2.96 bits per heavy atom. The van der Waals surface area contributed by atoms with Crippen molar-refractivity contribution in [2.75, 3.05) is 6.61 Å². The minimum Gasteiger partial charge on any atom is -0.461 e. The van der Waals surface area contributed by atoms with Gasteiger partial charge in [-0.05, 0) is 30.7 Å². The number of esters is 1. The van der Waals surface area contributed by atoms with E-state index in [1.165, 1.54) is 0 Å². The second kappa shape index (κ2) is 6.66. The molecule has 2 N–H and O–H groups in total. The van der Waals surface area contributed by atoms with Gasteiger partial charge in [-0.3, -0.25) is 0 Å². The van der Waals surface area contributed by atoms with Crippen molar-refractivity contribution >= 4 is 17.6 Å². The van der Waals surface area contributed by atoms with E-state index in [2.05, 4.69) is 20.4 Å². The molecule has 2 aromatic heterocycles. The second-order valence-corrected chi connectivity index (χ2v) is 5.40. The van der Waals surface area contributed by atoms with Crippen LogP contribution in [-0.2, 0) is 11.2 Å². The maximum atomic E-state index is 11.9. The number of hydrogen-bond donors (Lipinski definition) is 2. The van der Waals surface area contributed by atoms with Crippen LogP contribution < -0.4 is 0 Å². The molecular formula is C16H15ClN4O2. The van der Waals surface area contributed by atoms with Crippen LogP contribution in [0, 0.1) is 0 Å². The van der Waals surface area contributed by atoms with E-state index >= 15 is 0 Å². The highest BCUT2D eigenvalue weighted by Crippen LogP contribution is 2.23. The highest BCUT2D eigenvalue weighted by atomic mass is 35.5. The monoisotopic (exact) mass is 330 g/mol. The Bertz CT molecular complexity index is 825. The van der Waals surface area contributed by atoms with Crippen LogP contribution in [0.2, 0.25) is 5.02 Å². The lowest BCUT2D eigenvalue weighted by Crippen LogP contribution is -2.06. The van der Waals surface area contributed by atoms with E-state index in [9.17, 15) is 4.79 Å². The normalized spacial score (nSPS) is 10.7. The van der Waals surface area contributed by atoms with Crippen LogP contribution in [0.25, 0.3) is 11.3 Å². The minimum absolute atomic E-state index is 0.181. The number of hydrogen-bond acceptors (Lipinski definition) is 4. The molecule has 23 heavy (non-hydrogen) atoms. The molecule has 2 heterocycles. The third-order valence-corrected chi connectivity index (χ3v) is 3.55. The van der Waals surface area contributed by atoms with Crippen molar-refractivity contribution in [3.8, 4) is 11.3 Å². The maximum Gasteiger partial charge on any atom is 0.361 e. The smallest absolute Gasteiger partial charge is 0.361 e. The van der Waals surface area contributed by atoms with Crippen molar-refractivity contribution in [3.05, 3.63) is 58.5 Å². The van der Waals surface area contributed by atoms with Gasteiger partial charge in [-0.2, -0.15) is 10.3 Å². The summed E-state index contributed by atoms with van der Waals surface area (Å²) in [4.78, 5) is 15.0. The summed E-state index contributed by atoms with van der Waals surface area (Å²) < 4.78 is 4.98. The average molecular weight is 331 g/mol. The molecule has 0 aliphatic heterocycles. The fraction of sp³-hybridized carbons (Fsp3) is 0.188. The van der Waals surface area contributed by atoms with E-state index in [1.54, 1.807) is 13.1 Å². The SMILES string of the molecule is CCOC(=O)c1n[nH]nc1-c1c[nH]c(Cc2cccc(Cl)c2)c1. The quantitative estimate of drug-likeness (QED) is 0.703. The fourth-order valence-electron chi connectivity index (χ4n) is 2.32. The predicted molar refractivity (Wildman–Crippen MR) is 86.4 cm³/mol. The minimum atomic E-state index is -0.492. The van der Waals surface area contributed by atoms with Crippen LogP contribution >= 0.6 is 11.6 Å². The Balaban J connectivity index is 1.82. The van der Waals surface area contributed by atoms with Gasteiger partial charge in [0.25, 0.3) is 0 Å². The van der Waals surface area contributed by atoms with Gasteiger partial charge in [-0.25, -0.2) is 4.79 Å². The molecule has 3 rings (SSSR count). The Labute approximate surface area is 137 Å². The second-order valence-electron chi connectivity index (χ2n) is 4.96. The van der Waals surface area contributed by atoms with Crippen LogP contribution in [-0.4, -0.2) is 33.0 Å². The van der Waals surface area contributed by atoms with E-state index in [4.69, 9.17) is 16.3 Å². The van der Waals surface area contributed by atoms with E-state index < -0.39 is 5.97 Å². The molecule has 3 aromatic rings. The van der Waals surface area contributed by atoms with Crippen molar-refractivity contribution in [3.63, 3.8) is 0 Å². The molecule has 118 valence electrons. The number of carbonyl (C=O) groups excluding carboxylic acids is 1. The summed E-state index contributed by atoms with van der Waals surface area (Å²) in [6, 6.07) is 9.61. The van der Waals surface area contributed by atoms with Crippen LogP contribution in [0.3, 0.4) is 0 Å². The first-order valence-electron chi connectivity index (χ1n) is 7.17. The summed E-state index contributed by atoms with van der Waals surface area (Å²) in [5.41, 5.74) is 3.51. The van der Waals surface area contributed by atoms with Gasteiger partial charge < -0.3 is 9.72 Å². The van der Waals surface area contributed by atoms with Crippen molar-refractivity contribution < 1.29 is 9.53 Å². The standard InChI is InChI=1S/C16H15ClN4O2/c1-2-23-16(22)15-14(19-21-20-15)11-8-13(18-9-11)7-10-4-3-5-12(17)6-10/h3-6,8-9,18H,2,7H2,1H3,(H,19,20,21). The largest absolute Gasteiger partial charge is 0.461 e. The third-order valence-electron chi connectivity index (χ3n) is 3.32. The number of benzene rings is 1. The summed E-state index contributed by atoms with van der Waals surface area (Å²) >= 11 is 6.00. The van der Waals surface area contributed by atoms with Gasteiger partial charge in [0, 0.05) is 28.9 Å². The number of halogens is 1. The Morgan fingerprint density at radius 2 is 2.17 bits per heavy atom. The van der Waals surface area contributed by atoms with Crippen LogP contribution in [0.1, 0.15) is 28.7 Å². The maximum absolute atomic E-state index is 11.9. The zero-order chi connectivity index (χ0) is 16.2. The summed E-state index contributed by atoms with van der Waals surface area (Å²) in [5, 5.41) is 11.1. The number of H-pyrrole nitrogens is 2. The first kappa shape index (κ1) is 15.3. The molecule has 0 unspecified atom stereocenters. The van der Waals surface area contributed by atoms with Crippen molar-refractivity contribution in [2.45, 2.75) is 13.3 Å². The van der Waals surface area contributed by atoms with E-state index in [-0.39, 0.29) is 12.3 Å². The zero-order valence-electron chi connectivity index (χ0n) is 12.5. The summed E-state index contributed by atoms with van der Waals surface area (Å²) in [6.07, 6.45) is 2.49. The van der Waals surface area contributed by atoms with Gasteiger partial charge in [-0.15, -0.1) is 5.10 Å². The molecule has 0 bridgehead atoms. The average Bonchev–Trinajstić information content (AvgIpc) is 3.16. The fourth-order valence-corrected chi connectivity index (χ4v) is 2.53. The number of ether oxygens (including phenoxy) is 1. The van der Waals surface area contributed by atoms with Crippen molar-refractivity contribution in [2.24, 2.45) is 0 Å². The molecule has 0 aliphatic rings. The van der Waals surface area contributed by atoms with E-state index in [0.717, 1.165) is 16.8 Å². The molecule has 0 aliphatic carbocycles. The van der Waals surface area contributed by atoms with Gasteiger partial charge in [0.1, 0.15) is 5.69 Å². The Kier molecular flexibility index (Phi) is 4.43. The molecule has 0 spiro atoms. The van der Waals surface area contributed by atoms with E-state index in [0.29, 0.717) is 17.1 Å². The lowest BCUT2D eigenvalue weighted by Gasteiger charge is -2.00. The van der Waals surface area contributed by atoms with Crippen molar-refractivity contribution in [1.82, 2.24) is 20.4 Å². The molecule has 0 radical (unpaired) electrons. The highest BCUT2D eigenvalue weighted by molar-refractivity contribution is 6.30. The van der Waals surface area contributed by atoms with Gasteiger partial charge in [0.15, 0.2) is 5.69 Å². The van der Waals surface area contributed by atoms with Gasteiger partial charge in [0.2, 0.25) is 0 Å². The molecule has 1 aromatic carbocycles. The molecule has 0 saturated carbocycles. The molecule has 0 saturated heterocycles. The summed E-state index contributed by atoms with van der Waals surface area (Å²) in [7, 11) is 0. The van der Waals surface area contributed by atoms with Crippen LogP contribution in [0.4, 0.5) is 0 Å². The lowest BCUT2D eigenvalue weighted by molar-refractivity contribution is 0.0520. The molecule has 0 amide bonds. The predicted octanol–water partition coefficient (Wildman–Crippen LogP) is 3.22. The highest BCUT2D eigenvalue weighted by Gasteiger charge is 2.19. The van der Waals surface area contributed by atoms with Gasteiger partial charge in [-0.1, -0.05) is 23.7 Å². The molecule has 0 atom stereocenters. The van der Waals surface area contributed by atoms with Gasteiger partial charge >= 0.3 is 5.97 Å². The first-order chi connectivity index (χ1) is 11.2. The summed E-state index contributed by atoms with van der Waals surface area (Å²) in [5.74, 6) is -0.492. The molecule has 0 fully saturated rings. The number of aromatic amines is 2. The Morgan fingerprint density at radius 1 is 1.30 bits per heavy atom. The zero-order valence-corrected chi connectivity index (χ0v) is 13.2. The van der Waals surface area contributed by atoms with Crippen molar-refractivity contribution in [1.29, 1.82) is 0 Å². The summed E-state index contributed by atoms with van der Waals surface area (Å²) in [6.45, 7) is 2.04. The molecule has 7 heteroatoms. The number of rotatable bonds is 5. The number of nitrogens with one attached hydrogen (secondary N) is 2. The number of nitrogens with zero attached hydrogens (tertiary/aromatic N) is 2. The Hall–Kier alpha value is -2.60. The third kappa shape index (κ3) is 3.43.